The van der Waals surface area contributed by atoms with Gasteiger partial charge in [-0.2, -0.15) is 0 Å². The third-order valence-electron chi connectivity index (χ3n) is 3.69. The van der Waals surface area contributed by atoms with Crippen molar-refractivity contribution < 1.29 is 0 Å². The van der Waals surface area contributed by atoms with Gasteiger partial charge >= 0.3 is 0 Å². The van der Waals surface area contributed by atoms with E-state index in [0.29, 0.717) is 12.1 Å². The molecule has 0 bridgehead atoms. The molecule has 1 aliphatic carbocycles. The minimum absolute atomic E-state index is 0.459. The van der Waals surface area contributed by atoms with Gasteiger partial charge in [0.1, 0.15) is 0 Å². The fraction of sp³-hybridized carbons (Fsp3) is 1.00. The first-order chi connectivity index (χ1) is 7.24. The first-order valence-corrected chi connectivity index (χ1v) is 6.73. The number of hydrogen-bond donors (Lipinski definition) is 2. The van der Waals surface area contributed by atoms with Crippen LogP contribution < -0.4 is 11.1 Å². The van der Waals surface area contributed by atoms with Crippen LogP contribution in [0.2, 0.25) is 0 Å². The molecule has 3 N–H and O–H groups in total. The summed E-state index contributed by atoms with van der Waals surface area (Å²) in [5.74, 6) is 0.735. The molecule has 1 fully saturated rings. The SMILES string of the molecule is CCCCCC(C)NCC1CCCC1N. The minimum Gasteiger partial charge on any atom is -0.327 e. The van der Waals surface area contributed by atoms with Crippen LogP contribution in [0.3, 0.4) is 0 Å². The lowest BCUT2D eigenvalue weighted by atomic mass is 10.0. The summed E-state index contributed by atoms with van der Waals surface area (Å²) >= 11 is 0. The van der Waals surface area contributed by atoms with E-state index < -0.39 is 0 Å². The molecule has 3 unspecified atom stereocenters. The molecular formula is C13H28N2. The van der Waals surface area contributed by atoms with Gasteiger partial charge in [-0.1, -0.05) is 32.6 Å². The molecule has 1 rings (SSSR count). The lowest BCUT2D eigenvalue weighted by molar-refractivity contribution is 0.397. The van der Waals surface area contributed by atoms with Gasteiger partial charge in [-0.25, -0.2) is 0 Å². The third kappa shape index (κ3) is 4.98. The van der Waals surface area contributed by atoms with Crippen molar-refractivity contribution in [3.05, 3.63) is 0 Å². The average Bonchev–Trinajstić information content (AvgIpc) is 2.61. The van der Waals surface area contributed by atoms with Crippen molar-refractivity contribution in [3.8, 4) is 0 Å². The molecule has 3 atom stereocenters. The van der Waals surface area contributed by atoms with Crippen LogP contribution in [0.4, 0.5) is 0 Å². The monoisotopic (exact) mass is 212 g/mol. The number of rotatable bonds is 7. The summed E-state index contributed by atoms with van der Waals surface area (Å²) < 4.78 is 0. The molecule has 0 aromatic carbocycles. The zero-order valence-electron chi connectivity index (χ0n) is 10.5. The van der Waals surface area contributed by atoms with Gasteiger partial charge in [0.25, 0.3) is 0 Å². The smallest absolute Gasteiger partial charge is 0.00792 e. The molecule has 2 nitrogen and oxygen atoms in total. The van der Waals surface area contributed by atoms with Gasteiger partial charge in [0, 0.05) is 12.1 Å². The summed E-state index contributed by atoms with van der Waals surface area (Å²) in [6.45, 7) is 5.69. The number of nitrogens with one attached hydrogen (secondary N) is 1. The average molecular weight is 212 g/mol. The summed E-state index contributed by atoms with van der Waals surface area (Å²) in [5.41, 5.74) is 6.05. The summed E-state index contributed by atoms with van der Waals surface area (Å²) in [4.78, 5) is 0. The lowest BCUT2D eigenvalue weighted by Gasteiger charge is -2.20. The van der Waals surface area contributed by atoms with Crippen LogP contribution in [0.5, 0.6) is 0 Å². The second-order valence-corrected chi connectivity index (χ2v) is 5.16. The van der Waals surface area contributed by atoms with Gasteiger partial charge in [0.15, 0.2) is 0 Å². The highest BCUT2D eigenvalue weighted by Crippen LogP contribution is 2.23. The second-order valence-electron chi connectivity index (χ2n) is 5.16. The maximum Gasteiger partial charge on any atom is 0.00792 e. The Labute approximate surface area is 95.0 Å². The standard InChI is InChI=1S/C13H28N2/c1-3-4-5-7-11(2)15-10-12-8-6-9-13(12)14/h11-13,15H,3-10,14H2,1-2H3. The van der Waals surface area contributed by atoms with Crippen LogP contribution in [0, 0.1) is 5.92 Å². The molecule has 0 aliphatic heterocycles. The molecule has 90 valence electrons. The highest BCUT2D eigenvalue weighted by Gasteiger charge is 2.23. The first kappa shape index (κ1) is 13.0. The zero-order chi connectivity index (χ0) is 11.1. The molecule has 1 saturated carbocycles. The molecule has 2 heteroatoms. The molecule has 0 amide bonds. The Morgan fingerprint density at radius 3 is 2.73 bits per heavy atom. The van der Waals surface area contributed by atoms with Crippen molar-refractivity contribution in [1.82, 2.24) is 5.32 Å². The molecule has 1 aliphatic rings. The van der Waals surface area contributed by atoms with E-state index in [9.17, 15) is 0 Å². The Kier molecular flexibility index (Phi) is 6.26. The van der Waals surface area contributed by atoms with Gasteiger partial charge in [-0.3, -0.25) is 0 Å². The van der Waals surface area contributed by atoms with Gasteiger partial charge in [-0.15, -0.1) is 0 Å². The Hall–Kier alpha value is -0.0800. The highest BCUT2D eigenvalue weighted by molar-refractivity contribution is 4.82. The van der Waals surface area contributed by atoms with Crippen molar-refractivity contribution in [2.75, 3.05) is 6.54 Å². The molecule has 0 heterocycles. The Morgan fingerprint density at radius 1 is 1.33 bits per heavy atom. The van der Waals surface area contributed by atoms with Crippen molar-refractivity contribution in [2.24, 2.45) is 11.7 Å². The van der Waals surface area contributed by atoms with Crippen LogP contribution in [0.25, 0.3) is 0 Å². The molecular weight excluding hydrogens is 184 g/mol. The second kappa shape index (κ2) is 7.24. The summed E-state index contributed by atoms with van der Waals surface area (Å²) in [6.07, 6.45) is 9.26. The predicted molar refractivity (Wildman–Crippen MR) is 66.9 cm³/mol. The van der Waals surface area contributed by atoms with Gasteiger partial charge < -0.3 is 11.1 Å². The van der Waals surface area contributed by atoms with Gasteiger partial charge in [0.2, 0.25) is 0 Å². The summed E-state index contributed by atoms with van der Waals surface area (Å²) in [5, 5.41) is 3.63. The molecule has 0 radical (unpaired) electrons. The minimum atomic E-state index is 0.459. The third-order valence-corrected chi connectivity index (χ3v) is 3.69. The van der Waals surface area contributed by atoms with Crippen molar-refractivity contribution in [2.45, 2.75) is 70.9 Å². The maximum absolute atomic E-state index is 6.05. The van der Waals surface area contributed by atoms with E-state index in [1.807, 2.05) is 0 Å². The van der Waals surface area contributed by atoms with E-state index in [1.54, 1.807) is 0 Å². The molecule has 15 heavy (non-hydrogen) atoms. The van der Waals surface area contributed by atoms with E-state index in [0.717, 1.165) is 12.5 Å². The van der Waals surface area contributed by atoms with Crippen molar-refractivity contribution in [1.29, 1.82) is 0 Å². The fourth-order valence-electron chi connectivity index (χ4n) is 2.47. The number of nitrogens with two attached hydrogens (primary N) is 1. The van der Waals surface area contributed by atoms with E-state index in [4.69, 9.17) is 5.73 Å². The molecule has 0 aromatic heterocycles. The van der Waals surface area contributed by atoms with Crippen molar-refractivity contribution >= 4 is 0 Å². The van der Waals surface area contributed by atoms with Gasteiger partial charge in [-0.05, 0) is 38.6 Å². The first-order valence-electron chi connectivity index (χ1n) is 6.73. The van der Waals surface area contributed by atoms with Crippen LogP contribution in [0.15, 0.2) is 0 Å². The van der Waals surface area contributed by atoms with Crippen LogP contribution in [0.1, 0.15) is 58.8 Å². The molecule has 0 saturated heterocycles. The summed E-state index contributed by atoms with van der Waals surface area (Å²) in [7, 11) is 0. The number of unbranched alkanes of at least 4 members (excludes halogenated alkanes) is 2. The fourth-order valence-corrected chi connectivity index (χ4v) is 2.47. The van der Waals surface area contributed by atoms with E-state index in [1.165, 1.54) is 44.9 Å². The quantitative estimate of drug-likeness (QED) is 0.637. The predicted octanol–water partition coefficient (Wildman–Crippen LogP) is 2.67. The van der Waals surface area contributed by atoms with Crippen LogP contribution in [-0.4, -0.2) is 18.6 Å². The lowest BCUT2D eigenvalue weighted by Crippen LogP contribution is -2.37. The summed E-state index contributed by atoms with van der Waals surface area (Å²) in [6, 6.07) is 1.13. The van der Waals surface area contributed by atoms with E-state index >= 15 is 0 Å². The molecule has 0 spiro atoms. The largest absolute Gasteiger partial charge is 0.327 e. The Morgan fingerprint density at radius 2 is 2.13 bits per heavy atom. The van der Waals surface area contributed by atoms with Crippen LogP contribution in [-0.2, 0) is 0 Å². The normalized spacial score (nSPS) is 28.2. The zero-order valence-corrected chi connectivity index (χ0v) is 10.5. The van der Waals surface area contributed by atoms with Gasteiger partial charge in [0.05, 0.1) is 0 Å². The van der Waals surface area contributed by atoms with E-state index in [2.05, 4.69) is 19.2 Å². The van der Waals surface area contributed by atoms with Crippen LogP contribution >= 0.6 is 0 Å². The maximum atomic E-state index is 6.05. The Balaban J connectivity index is 2.03. The molecule has 0 aromatic rings. The highest BCUT2D eigenvalue weighted by atomic mass is 14.9. The Bertz CT molecular complexity index is 159. The van der Waals surface area contributed by atoms with Crippen molar-refractivity contribution in [3.63, 3.8) is 0 Å². The number of hydrogen-bond acceptors (Lipinski definition) is 2. The van der Waals surface area contributed by atoms with E-state index in [-0.39, 0.29) is 0 Å². The topological polar surface area (TPSA) is 38.0 Å².